The highest BCUT2D eigenvalue weighted by Gasteiger charge is 2.36. The summed E-state index contributed by atoms with van der Waals surface area (Å²) in [5.41, 5.74) is 2.75. The lowest BCUT2D eigenvalue weighted by molar-refractivity contribution is -0.135. The Labute approximate surface area is 189 Å². The molecule has 32 heavy (non-hydrogen) atoms. The van der Waals surface area contributed by atoms with E-state index in [4.69, 9.17) is 0 Å². The third kappa shape index (κ3) is 4.46. The number of fused-ring (bicyclic) bond motifs is 1. The maximum absolute atomic E-state index is 13.2. The molecular weight excluding hydrogens is 429 g/mol. The first-order valence-corrected chi connectivity index (χ1v) is 12.6. The van der Waals surface area contributed by atoms with Crippen LogP contribution in [0.3, 0.4) is 0 Å². The standard InChI is InChI=1S/C24H30FN3O3S/c1-16(2)24(29)28-12-10-17(11-13-28)22-15-27(3)23-9-6-19(14-21(22)23)26-32(30,31)20-7-4-18(25)5-8-20/h4-9,14,16-17,22,26H,10-13,15H2,1-3H3. The average molecular weight is 460 g/mol. The van der Waals surface area contributed by atoms with E-state index in [1.54, 1.807) is 6.07 Å². The monoisotopic (exact) mass is 459 g/mol. The third-order valence-corrected chi connectivity index (χ3v) is 8.00. The van der Waals surface area contributed by atoms with Crippen LogP contribution in [0, 0.1) is 17.7 Å². The van der Waals surface area contributed by atoms with Gasteiger partial charge in [0.1, 0.15) is 5.82 Å². The van der Waals surface area contributed by atoms with E-state index in [9.17, 15) is 17.6 Å². The number of sulfonamides is 1. The molecule has 0 bridgehead atoms. The van der Waals surface area contributed by atoms with Crippen molar-refractivity contribution in [2.75, 3.05) is 36.3 Å². The number of amides is 1. The van der Waals surface area contributed by atoms with Crippen molar-refractivity contribution in [1.29, 1.82) is 0 Å². The SMILES string of the molecule is CC(C)C(=O)N1CCC(C2CN(C)c3ccc(NS(=O)(=O)c4ccc(F)cc4)cc32)CC1. The Morgan fingerprint density at radius 1 is 1.09 bits per heavy atom. The summed E-state index contributed by atoms with van der Waals surface area (Å²) < 4.78 is 41.3. The summed E-state index contributed by atoms with van der Waals surface area (Å²) in [5.74, 6) is 0.486. The van der Waals surface area contributed by atoms with Gasteiger partial charge in [-0.25, -0.2) is 12.8 Å². The number of carbonyl (C=O) groups is 1. The molecule has 6 nitrogen and oxygen atoms in total. The van der Waals surface area contributed by atoms with Crippen molar-refractivity contribution < 1.29 is 17.6 Å². The van der Waals surface area contributed by atoms with E-state index >= 15 is 0 Å². The van der Waals surface area contributed by atoms with Crippen LogP contribution in [0.2, 0.25) is 0 Å². The fourth-order valence-electron chi connectivity index (χ4n) is 4.87. The summed E-state index contributed by atoms with van der Waals surface area (Å²) in [6, 6.07) is 10.4. The number of piperidine rings is 1. The highest BCUT2D eigenvalue weighted by atomic mass is 32.2. The zero-order valence-electron chi connectivity index (χ0n) is 18.7. The van der Waals surface area contributed by atoms with E-state index in [-0.39, 0.29) is 16.7 Å². The summed E-state index contributed by atoms with van der Waals surface area (Å²) >= 11 is 0. The number of nitrogens with one attached hydrogen (secondary N) is 1. The number of hydrogen-bond acceptors (Lipinski definition) is 4. The summed E-state index contributed by atoms with van der Waals surface area (Å²) in [7, 11) is -1.75. The zero-order valence-corrected chi connectivity index (χ0v) is 19.5. The Bertz CT molecular complexity index is 1090. The first-order valence-electron chi connectivity index (χ1n) is 11.1. The number of nitrogens with zero attached hydrogens (tertiary/aromatic N) is 2. The number of benzene rings is 2. The molecule has 2 aliphatic rings. The van der Waals surface area contributed by atoms with Gasteiger partial charge in [-0.05, 0) is 66.8 Å². The van der Waals surface area contributed by atoms with E-state index in [1.807, 2.05) is 30.9 Å². The van der Waals surface area contributed by atoms with E-state index in [0.29, 0.717) is 17.5 Å². The number of halogens is 1. The molecule has 172 valence electrons. The van der Waals surface area contributed by atoms with Crippen LogP contribution >= 0.6 is 0 Å². The van der Waals surface area contributed by atoms with Gasteiger partial charge in [-0.3, -0.25) is 9.52 Å². The first kappa shape index (κ1) is 22.6. The van der Waals surface area contributed by atoms with Gasteiger partial charge < -0.3 is 9.80 Å². The second-order valence-electron chi connectivity index (χ2n) is 9.14. The van der Waals surface area contributed by atoms with Crippen LogP contribution in [0.25, 0.3) is 0 Å². The van der Waals surface area contributed by atoms with Gasteiger partial charge >= 0.3 is 0 Å². The van der Waals surface area contributed by atoms with Crippen LogP contribution in [0.4, 0.5) is 15.8 Å². The van der Waals surface area contributed by atoms with Crippen molar-refractivity contribution in [3.63, 3.8) is 0 Å². The zero-order chi connectivity index (χ0) is 23.0. The molecular formula is C24H30FN3O3S. The largest absolute Gasteiger partial charge is 0.374 e. The number of hydrogen-bond donors (Lipinski definition) is 1. The maximum Gasteiger partial charge on any atom is 0.261 e. The highest BCUT2D eigenvalue weighted by Crippen LogP contribution is 2.44. The Balaban J connectivity index is 1.52. The fourth-order valence-corrected chi connectivity index (χ4v) is 5.92. The lowest BCUT2D eigenvalue weighted by Crippen LogP contribution is -2.42. The molecule has 1 saturated heterocycles. The summed E-state index contributed by atoms with van der Waals surface area (Å²) in [6.07, 6.45) is 1.89. The number of carbonyl (C=O) groups excluding carboxylic acids is 1. The van der Waals surface area contributed by atoms with Crippen molar-refractivity contribution in [1.82, 2.24) is 4.90 Å². The molecule has 8 heteroatoms. The van der Waals surface area contributed by atoms with E-state index in [1.165, 1.54) is 12.1 Å². The first-order chi connectivity index (χ1) is 15.2. The number of rotatable bonds is 5. The van der Waals surface area contributed by atoms with Crippen LogP contribution in [0.1, 0.15) is 38.2 Å². The van der Waals surface area contributed by atoms with Crippen LogP contribution in [0.15, 0.2) is 47.4 Å². The smallest absolute Gasteiger partial charge is 0.261 e. The normalized spacial score (nSPS) is 19.3. The van der Waals surface area contributed by atoms with Crippen molar-refractivity contribution in [3.8, 4) is 0 Å². The molecule has 2 aromatic rings. The fraction of sp³-hybridized carbons (Fsp3) is 0.458. The van der Waals surface area contributed by atoms with Crippen LogP contribution in [-0.2, 0) is 14.8 Å². The van der Waals surface area contributed by atoms with Gasteiger partial charge in [-0.15, -0.1) is 0 Å². The Kier molecular flexibility index (Phi) is 6.16. The molecule has 0 aliphatic carbocycles. The van der Waals surface area contributed by atoms with Gasteiger partial charge in [0.2, 0.25) is 5.91 Å². The molecule has 4 rings (SSSR count). The molecule has 1 amide bonds. The topological polar surface area (TPSA) is 69.7 Å². The lowest BCUT2D eigenvalue weighted by Gasteiger charge is -2.36. The predicted octanol–water partition coefficient (Wildman–Crippen LogP) is 4.05. The molecule has 0 spiro atoms. The van der Waals surface area contributed by atoms with Crippen LogP contribution in [-0.4, -0.2) is 45.9 Å². The van der Waals surface area contributed by atoms with Crippen molar-refractivity contribution in [3.05, 3.63) is 53.8 Å². The average Bonchev–Trinajstić information content (AvgIpc) is 3.09. The number of likely N-dealkylation sites (N-methyl/N-ethyl adjacent to an activating group) is 1. The van der Waals surface area contributed by atoms with Crippen LogP contribution < -0.4 is 9.62 Å². The Morgan fingerprint density at radius 3 is 2.38 bits per heavy atom. The summed E-state index contributed by atoms with van der Waals surface area (Å²) in [5, 5.41) is 0. The molecule has 2 aromatic carbocycles. The van der Waals surface area contributed by atoms with Gasteiger partial charge in [-0.1, -0.05) is 13.8 Å². The minimum absolute atomic E-state index is 0.0154. The second kappa shape index (κ2) is 8.73. The van der Waals surface area contributed by atoms with Crippen molar-refractivity contribution in [2.45, 2.75) is 37.5 Å². The van der Waals surface area contributed by atoms with E-state index in [2.05, 4.69) is 16.7 Å². The molecule has 1 fully saturated rings. The second-order valence-corrected chi connectivity index (χ2v) is 10.8. The van der Waals surface area contributed by atoms with Crippen LogP contribution in [0.5, 0.6) is 0 Å². The predicted molar refractivity (Wildman–Crippen MR) is 124 cm³/mol. The summed E-state index contributed by atoms with van der Waals surface area (Å²) in [4.78, 5) is 16.5. The summed E-state index contributed by atoms with van der Waals surface area (Å²) in [6.45, 7) is 6.30. The molecule has 2 aliphatic heterocycles. The van der Waals surface area contributed by atoms with Gasteiger partial charge in [0.25, 0.3) is 10.0 Å². The molecule has 1 N–H and O–H groups in total. The Morgan fingerprint density at radius 2 is 1.75 bits per heavy atom. The van der Waals surface area contributed by atoms with Crippen molar-refractivity contribution in [2.24, 2.45) is 11.8 Å². The maximum atomic E-state index is 13.2. The minimum atomic E-state index is -3.80. The molecule has 0 saturated carbocycles. The molecule has 0 radical (unpaired) electrons. The van der Waals surface area contributed by atoms with E-state index in [0.717, 1.165) is 55.9 Å². The lowest BCUT2D eigenvalue weighted by atomic mass is 9.81. The van der Waals surface area contributed by atoms with Gasteiger partial charge in [0.15, 0.2) is 0 Å². The number of likely N-dealkylation sites (tertiary alicyclic amines) is 1. The quantitative estimate of drug-likeness (QED) is 0.732. The molecule has 0 aromatic heterocycles. The van der Waals surface area contributed by atoms with Gasteiger partial charge in [-0.2, -0.15) is 0 Å². The van der Waals surface area contributed by atoms with Crippen molar-refractivity contribution >= 4 is 27.3 Å². The molecule has 1 atom stereocenters. The highest BCUT2D eigenvalue weighted by molar-refractivity contribution is 7.92. The third-order valence-electron chi connectivity index (χ3n) is 6.60. The minimum Gasteiger partial charge on any atom is -0.374 e. The molecule has 2 heterocycles. The van der Waals surface area contributed by atoms with Gasteiger partial charge in [0, 0.05) is 49.9 Å². The van der Waals surface area contributed by atoms with Gasteiger partial charge in [0.05, 0.1) is 4.90 Å². The van der Waals surface area contributed by atoms with E-state index < -0.39 is 15.8 Å². The molecule has 1 unspecified atom stereocenters. The number of anilines is 2. The Hall–Kier alpha value is -2.61.